The van der Waals surface area contributed by atoms with Gasteiger partial charge in [0.05, 0.1) is 12.7 Å². The molecule has 28 heavy (non-hydrogen) atoms. The number of hydrogen-bond acceptors (Lipinski definition) is 3. The van der Waals surface area contributed by atoms with Crippen molar-refractivity contribution in [1.82, 2.24) is 0 Å². The van der Waals surface area contributed by atoms with Crippen LogP contribution in [0, 0.1) is 5.92 Å². The molecular weight excluding hydrogens is 348 g/mol. The quantitative estimate of drug-likeness (QED) is 0.366. The van der Waals surface area contributed by atoms with Crippen molar-refractivity contribution in [2.24, 2.45) is 5.92 Å². The molecule has 3 aromatic rings. The third kappa shape index (κ3) is 5.01. The van der Waals surface area contributed by atoms with Crippen molar-refractivity contribution >= 4 is 5.97 Å². The lowest BCUT2D eigenvalue weighted by atomic mass is 9.97. The van der Waals surface area contributed by atoms with Gasteiger partial charge in [-0.2, -0.15) is 0 Å². The molecule has 0 saturated heterocycles. The van der Waals surface area contributed by atoms with Crippen LogP contribution >= 0.6 is 0 Å². The van der Waals surface area contributed by atoms with Gasteiger partial charge in [0.2, 0.25) is 0 Å². The third-order valence-electron chi connectivity index (χ3n) is 4.96. The maximum Gasteiger partial charge on any atom is 0.343 e. The predicted octanol–water partition coefficient (Wildman–Crippen LogP) is 6.17. The van der Waals surface area contributed by atoms with E-state index >= 15 is 0 Å². The Kier molecular flexibility index (Phi) is 6.49. The summed E-state index contributed by atoms with van der Waals surface area (Å²) >= 11 is 0. The summed E-state index contributed by atoms with van der Waals surface area (Å²) in [6.07, 6.45) is 2.30. The first-order valence-corrected chi connectivity index (χ1v) is 9.64. The molecule has 0 aliphatic carbocycles. The molecule has 0 spiro atoms. The molecule has 0 aliphatic rings. The van der Waals surface area contributed by atoms with Crippen LogP contribution in [0.5, 0.6) is 11.5 Å². The van der Waals surface area contributed by atoms with E-state index < -0.39 is 0 Å². The van der Waals surface area contributed by atoms with E-state index in [1.807, 2.05) is 24.3 Å². The van der Waals surface area contributed by atoms with Crippen molar-refractivity contribution in [3.05, 3.63) is 83.9 Å². The second kappa shape index (κ2) is 9.23. The Bertz CT molecular complexity index is 894. The van der Waals surface area contributed by atoms with Gasteiger partial charge in [-0.1, -0.05) is 56.7 Å². The second-order valence-electron chi connectivity index (χ2n) is 7.06. The zero-order valence-electron chi connectivity index (χ0n) is 16.6. The van der Waals surface area contributed by atoms with Crippen LogP contribution in [0.2, 0.25) is 0 Å². The zero-order chi connectivity index (χ0) is 19.9. The van der Waals surface area contributed by atoms with Crippen LogP contribution < -0.4 is 9.47 Å². The number of rotatable bonds is 7. The normalized spacial score (nSPS) is 11.7. The van der Waals surface area contributed by atoms with Gasteiger partial charge >= 0.3 is 5.97 Å². The first-order valence-electron chi connectivity index (χ1n) is 9.64. The molecule has 0 fully saturated rings. The molecule has 3 rings (SSSR count). The van der Waals surface area contributed by atoms with Crippen molar-refractivity contribution in [2.45, 2.75) is 26.7 Å². The molecule has 0 radical (unpaired) electrons. The molecular formula is C25H26O3. The van der Waals surface area contributed by atoms with Gasteiger partial charge in [0.1, 0.15) is 11.5 Å². The van der Waals surface area contributed by atoms with E-state index in [1.165, 1.54) is 12.0 Å². The Morgan fingerprint density at radius 3 is 1.89 bits per heavy atom. The van der Waals surface area contributed by atoms with Crippen molar-refractivity contribution < 1.29 is 14.3 Å². The highest BCUT2D eigenvalue weighted by molar-refractivity contribution is 5.91. The van der Waals surface area contributed by atoms with Crippen LogP contribution in [-0.4, -0.2) is 13.1 Å². The molecule has 1 atom stereocenters. The van der Waals surface area contributed by atoms with E-state index in [0.717, 1.165) is 17.5 Å². The maximum atomic E-state index is 12.3. The highest BCUT2D eigenvalue weighted by atomic mass is 16.5. The summed E-state index contributed by atoms with van der Waals surface area (Å²) in [4.78, 5) is 12.3. The predicted molar refractivity (Wildman–Crippen MR) is 113 cm³/mol. The van der Waals surface area contributed by atoms with Crippen molar-refractivity contribution in [3.63, 3.8) is 0 Å². The van der Waals surface area contributed by atoms with E-state index in [2.05, 4.69) is 38.1 Å². The van der Waals surface area contributed by atoms with Crippen molar-refractivity contribution in [1.29, 1.82) is 0 Å². The topological polar surface area (TPSA) is 35.5 Å². The van der Waals surface area contributed by atoms with E-state index in [-0.39, 0.29) is 5.97 Å². The van der Waals surface area contributed by atoms with Crippen molar-refractivity contribution in [2.75, 3.05) is 7.11 Å². The lowest BCUT2D eigenvalue weighted by Crippen LogP contribution is -2.08. The largest absolute Gasteiger partial charge is 0.497 e. The minimum atomic E-state index is -0.384. The molecule has 0 aromatic heterocycles. The van der Waals surface area contributed by atoms with Gasteiger partial charge in [-0.05, 0) is 65.4 Å². The smallest absolute Gasteiger partial charge is 0.343 e. The molecule has 0 amide bonds. The summed E-state index contributed by atoms with van der Waals surface area (Å²) in [7, 11) is 1.59. The molecule has 3 nitrogen and oxygen atoms in total. The minimum Gasteiger partial charge on any atom is -0.497 e. The fourth-order valence-corrected chi connectivity index (χ4v) is 2.99. The van der Waals surface area contributed by atoms with Crippen LogP contribution in [0.1, 0.15) is 36.2 Å². The average Bonchev–Trinajstić information content (AvgIpc) is 2.75. The summed E-state index contributed by atoms with van der Waals surface area (Å²) in [5, 5.41) is 0. The summed E-state index contributed by atoms with van der Waals surface area (Å²) in [5.74, 6) is 1.55. The molecule has 3 heteroatoms. The van der Waals surface area contributed by atoms with E-state index in [1.54, 1.807) is 31.4 Å². The first-order chi connectivity index (χ1) is 13.6. The van der Waals surface area contributed by atoms with Crippen LogP contribution in [0.15, 0.2) is 72.8 Å². The molecule has 0 N–H and O–H groups in total. The standard InChI is InChI=1S/C25H26O3/c1-4-18(2)17-19-5-7-20(8-6-19)21-9-15-24(16-10-21)28-25(26)22-11-13-23(27-3)14-12-22/h5-16,18H,4,17H2,1-3H3. The van der Waals surface area contributed by atoms with Crippen LogP contribution in [0.4, 0.5) is 0 Å². The molecule has 0 heterocycles. The summed E-state index contributed by atoms with van der Waals surface area (Å²) in [5.41, 5.74) is 4.10. The lowest BCUT2D eigenvalue weighted by molar-refractivity contribution is 0.0734. The van der Waals surface area contributed by atoms with Gasteiger partial charge in [0.25, 0.3) is 0 Å². The zero-order valence-corrected chi connectivity index (χ0v) is 16.6. The highest BCUT2D eigenvalue weighted by Crippen LogP contribution is 2.24. The Balaban J connectivity index is 1.65. The molecule has 0 aliphatic heterocycles. The molecule has 144 valence electrons. The fraction of sp³-hybridized carbons (Fsp3) is 0.240. The van der Waals surface area contributed by atoms with E-state index in [9.17, 15) is 4.79 Å². The Morgan fingerprint density at radius 1 is 0.821 bits per heavy atom. The Morgan fingerprint density at radius 2 is 1.36 bits per heavy atom. The molecule has 0 bridgehead atoms. The number of esters is 1. The number of ether oxygens (including phenoxy) is 2. The van der Waals surface area contributed by atoms with Gasteiger partial charge < -0.3 is 9.47 Å². The SMILES string of the molecule is CCC(C)Cc1ccc(-c2ccc(OC(=O)c3ccc(OC)cc3)cc2)cc1. The highest BCUT2D eigenvalue weighted by Gasteiger charge is 2.09. The van der Waals surface area contributed by atoms with Gasteiger partial charge in [0, 0.05) is 0 Å². The van der Waals surface area contributed by atoms with Gasteiger partial charge in [-0.3, -0.25) is 0 Å². The number of carbonyl (C=O) groups is 1. The number of methoxy groups -OCH3 is 1. The van der Waals surface area contributed by atoms with Crippen molar-refractivity contribution in [3.8, 4) is 22.6 Å². The summed E-state index contributed by atoms with van der Waals surface area (Å²) < 4.78 is 10.6. The second-order valence-corrected chi connectivity index (χ2v) is 7.06. The maximum absolute atomic E-state index is 12.3. The van der Waals surface area contributed by atoms with Crippen LogP contribution in [-0.2, 0) is 6.42 Å². The van der Waals surface area contributed by atoms with E-state index in [4.69, 9.17) is 9.47 Å². The molecule has 1 unspecified atom stereocenters. The molecule has 0 saturated carbocycles. The third-order valence-corrected chi connectivity index (χ3v) is 4.96. The van der Waals surface area contributed by atoms with Gasteiger partial charge in [-0.15, -0.1) is 0 Å². The Labute approximate surface area is 166 Å². The lowest BCUT2D eigenvalue weighted by Gasteiger charge is -2.10. The van der Waals surface area contributed by atoms with Gasteiger partial charge in [-0.25, -0.2) is 4.79 Å². The summed E-state index contributed by atoms with van der Waals surface area (Å²) in [6.45, 7) is 4.50. The number of benzene rings is 3. The average molecular weight is 374 g/mol. The van der Waals surface area contributed by atoms with Gasteiger partial charge in [0.15, 0.2) is 0 Å². The molecule has 3 aromatic carbocycles. The van der Waals surface area contributed by atoms with E-state index in [0.29, 0.717) is 23.0 Å². The van der Waals surface area contributed by atoms with Crippen LogP contribution in [0.25, 0.3) is 11.1 Å². The van der Waals surface area contributed by atoms with Crippen LogP contribution in [0.3, 0.4) is 0 Å². The Hall–Kier alpha value is -3.07. The minimum absolute atomic E-state index is 0.384. The summed E-state index contributed by atoms with van der Waals surface area (Å²) in [6, 6.07) is 23.1. The first kappa shape index (κ1) is 19.7. The number of carbonyl (C=O) groups excluding carboxylic acids is 1. The fourth-order valence-electron chi connectivity index (χ4n) is 2.99. The monoisotopic (exact) mass is 374 g/mol. The number of hydrogen-bond donors (Lipinski definition) is 0.